The van der Waals surface area contributed by atoms with Crippen LogP contribution in [0.5, 0.6) is 5.75 Å². The number of piperazine rings is 1. The number of aromatic nitrogens is 1. The van der Waals surface area contributed by atoms with Crippen LogP contribution in [0, 0.1) is 13.8 Å². The molecule has 1 aromatic heterocycles. The molecule has 2 aromatic carbocycles. The van der Waals surface area contributed by atoms with Crippen LogP contribution in [0.4, 0.5) is 18.9 Å². The van der Waals surface area contributed by atoms with Gasteiger partial charge in [-0.25, -0.2) is 8.42 Å². The molecule has 1 saturated heterocycles. The smallest absolute Gasteiger partial charge is 0.406 e. The van der Waals surface area contributed by atoms with Crippen LogP contribution in [-0.4, -0.2) is 74.6 Å². The van der Waals surface area contributed by atoms with E-state index < -0.39 is 33.6 Å². The zero-order chi connectivity index (χ0) is 30.4. The van der Waals surface area contributed by atoms with Crippen LogP contribution in [0.25, 0.3) is 11.6 Å². The van der Waals surface area contributed by atoms with Gasteiger partial charge in [-0.15, -0.1) is 13.2 Å². The van der Waals surface area contributed by atoms with E-state index in [0.29, 0.717) is 46.9 Å². The van der Waals surface area contributed by atoms with Crippen molar-refractivity contribution < 1.29 is 35.9 Å². The molecule has 0 unspecified atom stereocenters. The van der Waals surface area contributed by atoms with E-state index in [1.54, 1.807) is 19.9 Å². The summed E-state index contributed by atoms with van der Waals surface area (Å²) in [4.78, 5) is 33.3. The number of halogens is 3. The Morgan fingerprint density at radius 3 is 2.36 bits per heavy atom. The minimum Gasteiger partial charge on any atom is -0.406 e. The number of aromatic amines is 1. The molecule has 13 heteroatoms. The van der Waals surface area contributed by atoms with Gasteiger partial charge < -0.3 is 24.8 Å². The van der Waals surface area contributed by atoms with Crippen molar-refractivity contribution in [3.63, 3.8) is 0 Å². The summed E-state index contributed by atoms with van der Waals surface area (Å²) in [5, 5.41) is 2.74. The van der Waals surface area contributed by atoms with E-state index in [4.69, 9.17) is 0 Å². The van der Waals surface area contributed by atoms with Gasteiger partial charge in [0.1, 0.15) is 5.75 Å². The number of hydrogen-bond acceptors (Lipinski definition) is 6. The number of aryl methyl sites for hydroxylation is 1. The van der Waals surface area contributed by atoms with Gasteiger partial charge in [-0.3, -0.25) is 9.59 Å². The predicted octanol–water partition coefficient (Wildman–Crippen LogP) is 4.38. The first-order chi connectivity index (χ1) is 19.7. The highest BCUT2D eigenvalue weighted by Gasteiger charge is 2.32. The number of ether oxygens (including phenoxy) is 1. The lowest BCUT2D eigenvalue weighted by Crippen LogP contribution is -2.47. The summed E-state index contributed by atoms with van der Waals surface area (Å²) in [5.74, 6) is -1.42. The Morgan fingerprint density at radius 2 is 1.71 bits per heavy atom. The van der Waals surface area contributed by atoms with Gasteiger partial charge in [-0.2, -0.15) is 0 Å². The molecule has 9 nitrogen and oxygen atoms in total. The number of nitrogens with one attached hydrogen (secondary N) is 2. The van der Waals surface area contributed by atoms with Crippen LogP contribution in [0.15, 0.2) is 47.4 Å². The van der Waals surface area contributed by atoms with Crippen LogP contribution < -0.4 is 10.1 Å². The molecule has 3 heterocycles. The number of sulfone groups is 1. The number of alkyl halides is 3. The second-order valence-electron chi connectivity index (χ2n) is 10.4. The zero-order valence-electron chi connectivity index (χ0n) is 23.1. The van der Waals surface area contributed by atoms with Gasteiger partial charge in [0.15, 0.2) is 9.84 Å². The molecule has 3 aromatic rings. The summed E-state index contributed by atoms with van der Waals surface area (Å²) in [6.45, 7) is 6.41. The maximum atomic E-state index is 13.3. The number of carbonyl (C=O) groups excluding carboxylic acids is 2. The van der Waals surface area contributed by atoms with Gasteiger partial charge in [0.2, 0.25) is 0 Å². The Balaban J connectivity index is 1.41. The van der Waals surface area contributed by atoms with E-state index in [-0.39, 0.29) is 21.9 Å². The van der Waals surface area contributed by atoms with Crippen molar-refractivity contribution in [2.45, 2.75) is 30.9 Å². The number of nitrogens with zero attached hydrogens (tertiary/aromatic N) is 2. The predicted molar refractivity (Wildman–Crippen MR) is 151 cm³/mol. The second-order valence-corrected chi connectivity index (χ2v) is 12.4. The van der Waals surface area contributed by atoms with Crippen LogP contribution in [0.3, 0.4) is 0 Å². The molecule has 42 heavy (non-hydrogen) atoms. The van der Waals surface area contributed by atoms with E-state index in [2.05, 4.69) is 19.9 Å². The van der Waals surface area contributed by atoms with Gasteiger partial charge in [-0.05, 0) is 68.4 Å². The van der Waals surface area contributed by atoms with Crippen molar-refractivity contribution in [2.75, 3.05) is 38.5 Å². The molecule has 0 bridgehead atoms. The Morgan fingerprint density at radius 1 is 1.05 bits per heavy atom. The standard InChI is InChI=1S/C29H29F3N4O5S/c1-17-25(33-18(2)26(17)28(38)36-12-10-35(3)11-13-36)15-23-22-14-21(8-9-24(22)34-27(23)37)42(39,40)16-19-4-6-20(7-5-19)41-29(30,31)32/h4-9,14-15,33H,10-13,16H2,1-3H3,(H,34,37). The molecule has 2 aliphatic rings. The molecule has 0 atom stereocenters. The first kappa shape index (κ1) is 29.4. The molecule has 2 N–H and O–H groups in total. The largest absolute Gasteiger partial charge is 0.573 e. The number of fused-ring (bicyclic) bond motifs is 1. The molecule has 1 fully saturated rings. The number of carbonyl (C=O) groups is 2. The number of likely N-dealkylation sites (N-methyl/N-ethyl adjacent to an activating group) is 1. The average molecular weight is 603 g/mol. The minimum absolute atomic E-state index is 0.0513. The van der Waals surface area contributed by atoms with Gasteiger partial charge in [-0.1, -0.05) is 12.1 Å². The molecule has 2 amide bonds. The van der Waals surface area contributed by atoms with Crippen molar-refractivity contribution >= 4 is 39.0 Å². The Hall–Kier alpha value is -4.10. The zero-order valence-corrected chi connectivity index (χ0v) is 23.9. The number of rotatable bonds is 6. The summed E-state index contributed by atoms with van der Waals surface area (Å²) < 4.78 is 67.6. The van der Waals surface area contributed by atoms with Crippen LogP contribution >= 0.6 is 0 Å². The van der Waals surface area contributed by atoms with Crippen molar-refractivity contribution in [3.05, 3.63) is 76.1 Å². The van der Waals surface area contributed by atoms with Crippen LogP contribution in [0.1, 0.15) is 38.4 Å². The van der Waals surface area contributed by atoms with Crippen molar-refractivity contribution in [1.29, 1.82) is 0 Å². The summed E-state index contributed by atoms with van der Waals surface area (Å²) in [6, 6.07) is 8.87. The van der Waals surface area contributed by atoms with Crippen molar-refractivity contribution in [1.82, 2.24) is 14.8 Å². The summed E-state index contributed by atoms with van der Waals surface area (Å²) in [7, 11) is -1.92. The SMILES string of the molecule is Cc1[nH]c(C=C2C(=O)Nc3ccc(S(=O)(=O)Cc4ccc(OC(F)(F)F)cc4)cc32)c(C)c1C(=O)N1CCN(C)CC1. The number of H-pyrrole nitrogens is 1. The topological polar surface area (TPSA) is 112 Å². The van der Waals surface area contributed by atoms with E-state index in [0.717, 1.165) is 25.2 Å². The maximum Gasteiger partial charge on any atom is 0.573 e. The van der Waals surface area contributed by atoms with Gasteiger partial charge in [0.05, 0.1) is 21.8 Å². The molecular formula is C29H29F3N4O5S. The number of amides is 2. The third kappa shape index (κ3) is 6.07. The third-order valence-corrected chi connectivity index (χ3v) is 9.10. The highest BCUT2D eigenvalue weighted by molar-refractivity contribution is 7.90. The molecule has 0 spiro atoms. The summed E-state index contributed by atoms with van der Waals surface area (Å²) in [5.41, 5.74) is 3.80. The fraction of sp³-hybridized carbons (Fsp3) is 0.310. The molecule has 0 saturated carbocycles. The monoisotopic (exact) mass is 602 g/mol. The fourth-order valence-electron chi connectivity index (χ4n) is 5.15. The van der Waals surface area contributed by atoms with Crippen molar-refractivity contribution in [3.8, 4) is 5.75 Å². The highest BCUT2D eigenvalue weighted by Crippen LogP contribution is 2.36. The lowest BCUT2D eigenvalue weighted by molar-refractivity contribution is -0.274. The van der Waals surface area contributed by atoms with E-state index in [9.17, 15) is 31.2 Å². The van der Waals surface area contributed by atoms with E-state index >= 15 is 0 Å². The van der Waals surface area contributed by atoms with E-state index in [1.165, 1.54) is 30.3 Å². The Labute approximate surface area is 240 Å². The number of anilines is 1. The molecule has 5 rings (SSSR count). The first-order valence-electron chi connectivity index (χ1n) is 13.1. The second kappa shape index (κ2) is 11.0. The number of benzene rings is 2. The van der Waals surface area contributed by atoms with Crippen LogP contribution in [-0.2, 0) is 20.4 Å². The fourth-order valence-corrected chi connectivity index (χ4v) is 6.52. The molecule has 0 radical (unpaired) electrons. The quantitative estimate of drug-likeness (QED) is 0.405. The highest BCUT2D eigenvalue weighted by atomic mass is 32.2. The summed E-state index contributed by atoms with van der Waals surface area (Å²) >= 11 is 0. The normalized spacial score (nSPS) is 17.0. The van der Waals surface area contributed by atoms with Gasteiger partial charge in [0.25, 0.3) is 11.8 Å². The molecule has 222 valence electrons. The van der Waals surface area contributed by atoms with Gasteiger partial charge in [0, 0.05) is 48.8 Å². The minimum atomic E-state index is -4.85. The van der Waals surface area contributed by atoms with E-state index in [1.807, 2.05) is 11.9 Å². The molecule has 0 aliphatic carbocycles. The lowest BCUT2D eigenvalue weighted by atomic mass is 10.0. The average Bonchev–Trinajstić information content (AvgIpc) is 3.38. The third-order valence-electron chi connectivity index (χ3n) is 7.42. The Bertz CT molecular complexity index is 1690. The lowest BCUT2D eigenvalue weighted by Gasteiger charge is -2.32. The maximum absolute atomic E-state index is 13.3. The van der Waals surface area contributed by atoms with Crippen LogP contribution in [0.2, 0.25) is 0 Å². The van der Waals surface area contributed by atoms with Crippen molar-refractivity contribution in [2.24, 2.45) is 0 Å². The number of hydrogen-bond donors (Lipinski definition) is 2. The Kier molecular flexibility index (Phi) is 7.66. The van der Waals surface area contributed by atoms with Gasteiger partial charge >= 0.3 is 6.36 Å². The summed E-state index contributed by atoms with van der Waals surface area (Å²) in [6.07, 6.45) is -3.24. The molecular weight excluding hydrogens is 573 g/mol. The first-order valence-corrected chi connectivity index (χ1v) is 14.8. The molecule has 2 aliphatic heterocycles.